The number of ether oxygens (including phenoxy) is 2. The van der Waals surface area contributed by atoms with Gasteiger partial charge in [0, 0.05) is 0 Å². The molecule has 0 spiro atoms. The average molecular weight is 154 g/mol. The summed E-state index contributed by atoms with van der Waals surface area (Å²) >= 11 is 0. The predicted molar refractivity (Wildman–Crippen MR) is 38.7 cm³/mol. The molecule has 0 aromatic rings. The topological polar surface area (TPSA) is 35.5 Å². The van der Waals surface area contributed by atoms with Crippen molar-refractivity contribution in [3.05, 3.63) is 0 Å². The molecule has 1 atom stereocenters. The second-order valence-electron chi connectivity index (χ2n) is 2.83. The van der Waals surface area contributed by atoms with Crippen LogP contribution in [0, 0.1) is 12.3 Å². The molecule has 1 aliphatic heterocycles. The van der Waals surface area contributed by atoms with Crippen molar-refractivity contribution < 1.29 is 14.3 Å². The van der Waals surface area contributed by atoms with Gasteiger partial charge in [-0.15, -0.1) is 6.42 Å². The quantitative estimate of drug-likeness (QED) is 0.403. The van der Waals surface area contributed by atoms with Gasteiger partial charge < -0.3 is 9.47 Å². The number of ketones is 1. The third-order valence-electron chi connectivity index (χ3n) is 1.44. The van der Waals surface area contributed by atoms with Gasteiger partial charge in [0.15, 0.2) is 11.9 Å². The average Bonchev–Trinajstić information content (AvgIpc) is 2.29. The van der Waals surface area contributed by atoms with Gasteiger partial charge in [-0.1, -0.05) is 0 Å². The van der Waals surface area contributed by atoms with E-state index in [0.717, 1.165) is 0 Å². The van der Waals surface area contributed by atoms with Crippen LogP contribution in [0.1, 0.15) is 13.8 Å². The van der Waals surface area contributed by atoms with Crippen molar-refractivity contribution in [2.45, 2.75) is 25.7 Å². The van der Waals surface area contributed by atoms with Gasteiger partial charge >= 0.3 is 0 Å². The number of carbonyl (C=O) groups is 1. The summed E-state index contributed by atoms with van der Waals surface area (Å²) in [6, 6.07) is 0. The lowest BCUT2D eigenvalue weighted by Gasteiger charge is -2.15. The molecule has 11 heavy (non-hydrogen) atoms. The Balaban J connectivity index is 2.57. The third-order valence-corrected chi connectivity index (χ3v) is 1.44. The fourth-order valence-electron chi connectivity index (χ4n) is 0.909. The van der Waals surface area contributed by atoms with Crippen molar-refractivity contribution in [1.29, 1.82) is 0 Å². The number of terminal acetylenes is 1. The summed E-state index contributed by atoms with van der Waals surface area (Å²) < 4.78 is 10.3. The Morgan fingerprint density at radius 3 is 2.73 bits per heavy atom. The molecular formula is C8H10O3. The Kier molecular flexibility index (Phi) is 1.99. The lowest BCUT2D eigenvalue weighted by atomic mass is 10.2. The Morgan fingerprint density at radius 2 is 2.36 bits per heavy atom. The third kappa shape index (κ3) is 1.79. The standard InChI is InChI=1S/C8H10O3/c1-4-6(9)7-5-10-8(2,3)11-7/h1,7H,5H2,2-3H3/t7-/m1/s1. The summed E-state index contributed by atoms with van der Waals surface area (Å²) in [6.45, 7) is 3.75. The minimum Gasteiger partial charge on any atom is -0.347 e. The summed E-state index contributed by atoms with van der Waals surface area (Å²) in [7, 11) is 0. The van der Waals surface area contributed by atoms with Gasteiger partial charge in [-0.3, -0.25) is 4.79 Å². The zero-order valence-electron chi connectivity index (χ0n) is 6.59. The largest absolute Gasteiger partial charge is 0.347 e. The van der Waals surface area contributed by atoms with Crippen molar-refractivity contribution >= 4 is 5.78 Å². The van der Waals surface area contributed by atoms with Crippen LogP contribution in [-0.4, -0.2) is 24.3 Å². The molecule has 0 aliphatic carbocycles. The summed E-state index contributed by atoms with van der Waals surface area (Å²) in [5, 5.41) is 0. The zero-order chi connectivity index (χ0) is 8.48. The summed E-state index contributed by atoms with van der Waals surface area (Å²) in [6.07, 6.45) is 4.33. The molecule has 1 saturated heterocycles. The highest BCUT2D eigenvalue weighted by Gasteiger charge is 2.35. The van der Waals surface area contributed by atoms with E-state index in [1.165, 1.54) is 0 Å². The van der Waals surface area contributed by atoms with E-state index in [0.29, 0.717) is 0 Å². The molecule has 1 aliphatic rings. The molecule has 1 heterocycles. The van der Waals surface area contributed by atoms with E-state index in [2.05, 4.69) is 0 Å². The summed E-state index contributed by atoms with van der Waals surface area (Å²) in [4.78, 5) is 10.9. The van der Waals surface area contributed by atoms with Crippen molar-refractivity contribution in [3.8, 4) is 12.3 Å². The Morgan fingerprint density at radius 1 is 1.73 bits per heavy atom. The fraction of sp³-hybridized carbons (Fsp3) is 0.625. The molecule has 0 N–H and O–H groups in total. The van der Waals surface area contributed by atoms with E-state index < -0.39 is 11.9 Å². The summed E-state index contributed by atoms with van der Waals surface area (Å²) in [5.41, 5.74) is 0. The maximum atomic E-state index is 10.9. The molecular weight excluding hydrogens is 144 g/mol. The number of Topliss-reactive ketones (excluding diaryl/α,β-unsaturated/α-hetero) is 1. The van der Waals surface area contributed by atoms with E-state index in [-0.39, 0.29) is 12.4 Å². The molecule has 0 bridgehead atoms. The van der Waals surface area contributed by atoms with Crippen LogP contribution in [0.15, 0.2) is 0 Å². The highest BCUT2D eigenvalue weighted by Crippen LogP contribution is 2.22. The summed E-state index contributed by atoms with van der Waals surface area (Å²) in [5.74, 6) is 0.980. The molecule has 0 saturated carbocycles. The van der Waals surface area contributed by atoms with Crippen LogP contribution in [0.4, 0.5) is 0 Å². The van der Waals surface area contributed by atoms with Crippen molar-refractivity contribution in [2.24, 2.45) is 0 Å². The van der Waals surface area contributed by atoms with Crippen LogP contribution in [0.3, 0.4) is 0 Å². The second-order valence-corrected chi connectivity index (χ2v) is 2.83. The van der Waals surface area contributed by atoms with Gasteiger partial charge in [-0.25, -0.2) is 0 Å². The lowest BCUT2D eigenvalue weighted by molar-refractivity contribution is -0.148. The van der Waals surface area contributed by atoms with Gasteiger partial charge in [0.25, 0.3) is 0 Å². The van der Waals surface area contributed by atoms with Gasteiger partial charge in [-0.05, 0) is 19.8 Å². The fourth-order valence-corrected chi connectivity index (χ4v) is 0.909. The molecule has 0 amide bonds. The molecule has 0 aromatic heterocycles. The molecule has 3 nitrogen and oxygen atoms in total. The molecule has 1 fully saturated rings. The maximum Gasteiger partial charge on any atom is 0.236 e. The SMILES string of the molecule is C#CC(=O)[C@H]1COC(C)(C)O1. The van der Waals surface area contributed by atoms with Crippen molar-refractivity contribution in [1.82, 2.24) is 0 Å². The Labute approximate surface area is 65.7 Å². The van der Waals surface area contributed by atoms with Crippen LogP contribution in [0.2, 0.25) is 0 Å². The second kappa shape index (κ2) is 2.65. The monoisotopic (exact) mass is 154 g/mol. The highest BCUT2D eigenvalue weighted by molar-refractivity contribution is 5.98. The van der Waals surface area contributed by atoms with Gasteiger partial charge in [0.1, 0.15) is 0 Å². The maximum absolute atomic E-state index is 10.9. The first-order valence-corrected chi connectivity index (χ1v) is 3.37. The lowest BCUT2D eigenvalue weighted by Crippen LogP contribution is -2.25. The number of hydrogen-bond acceptors (Lipinski definition) is 3. The molecule has 1 rings (SSSR count). The van der Waals surface area contributed by atoms with Crippen LogP contribution in [0.5, 0.6) is 0 Å². The van der Waals surface area contributed by atoms with E-state index in [4.69, 9.17) is 15.9 Å². The Hall–Kier alpha value is -0.850. The van der Waals surface area contributed by atoms with Crippen molar-refractivity contribution in [3.63, 3.8) is 0 Å². The van der Waals surface area contributed by atoms with E-state index in [9.17, 15) is 4.79 Å². The predicted octanol–water partition coefficient (Wildman–Crippen LogP) is 0.340. The normalized spacial score (nSPS) is 27.9. The van der Waals surface area contributed by atoms with Gasteiger partial charge in [0.05, 0.1) is 6.61 Å². The van der Waals surface area contributed by atoms with E-state index >= 15 is 0 Å². The number of hydrogen-bond donors (Lipinski definition) is 0. The molecule has 60 valence electrons. The first kappa shape index (κ1) is 8.25. The zero-order valence-corrected chi connectivity index (χ0v) is 6.59. The first-order chi connectivity index (χ1) is 5.05. The number of rotatable bonds is 1. The van der Waals surface area contributed by atoms with E-state index in [1.54, 1.807) is 13.8 Å². The minimum atomic E-state index is -0.669. The molecule has 3 heteroatoms. The Bertz CT molecular complexity index is 212. The smallest absolute Gasteiger partial charge is 0.236 e. The van der Waals surface area contributed by atoms with Gasteiger partial charge in [-0.2, -0.15) is 0 Å². The van der Waals surface area contributed by atoms with Crippen LogP contribution < -0.4 is 0 Å². The minimum absolute atomic E-state index is 0.260. The van der Waals surface area contributed by atoms with E-state index in [1.807, 2.05) is 5.92 Å². The molecule has 0 unspecified atom stereocenters. The van der Waals surface area contributed by atoms with Gasteiger partial charge in [0.2, 0.25) is 5.78 Å². The highest BCUT2D eigenvalue weighted by atomic mass is 16.7. The first-order valence-electron chi connectivity index (χ1n) is 3.37. The molecule has 0 aromatic carbocycles. The number of carbonyl (C=O) groups excluding carboxylic acids is 1. The van der Waals surface area contributed by atoms with Crippen molar-refractivity contribution in [2.75, 3.05) is 6.61 Å². The van der Waals surface area contributed by atoms with Crippen LogP contribution >= 0.6 is 0 Å². The van der Waals surface area contributed by atoms with Crippen LogP contribution in [-0.2, 0) is 14.3 Å². The van der Waals surface area contributed by atoms with Crippen LogP contribution in [0.25, 0.3) is 0 Å². The molecule has 0 radical (unpaired) electrons.